The maximum Gasteiger partial charge on any atom is 0.250 e. The Morgan fingerprint density at radius 1 is 0.920 bits per heavy atom. The molecule has 2 aromatic heterocycles. The normalized spacial score (nSPS) is 19.2. The van der Waals surface area contributed by atoms with Gasteiger partial charge >= 0.3 is 0 Å². The molecule has 2 aromatic rings. The average Bonchev–Trinajstić information content (AvgIpc) is 2.57. The van der Waals surface area contributed by atoms with Crippen LogP contribution in [0.15, 0.2) is 46.2 Å². The summed E-state index contributed by atoms with van der Waals surface area (Å²) in [5.74, 6) is 0. The van der Waals surface area contributed by atoms with Crippen molar-refractivity contribution in [3.63, 3.8) is 0 Å². The highest BCUT2D eigenvalue weighted by molar-refractivity contribution is 5.12. The number of nitrogens with zero attached hydrogens (tertiary/aromatic N) is 4. The molecule has 0 N–H and O–H groups in total. The summed E-state index contributed by atoms with van der Waals surface area (Å²) < 4.78 is 3.18. The quantitative estimate of drug-likeness (QED) is 0.824. The van der Waals surface area contributed by atoms with E-state index in [4.69, 9.17) is 0 Å². The number of pyridine rings is 2. The van der Waals surface area contributed by atoms with Crippen LogP contribution in [-0.4, -0.2) is 44.6 Å². The number of aromatic nitrogens is 2. The van der Waals surface area contributed by atoms with Crippen molar-refractivity contribution < 1.29 is 0 Å². The number of aryl methyl sites for hydroxylation is 2. The standard InChI is InChI=1S/C19H26N4O2/c1-15-12-22(13-16-4-6-20(2)18(24)10-16)8-9-23(15)14-17-5-7-21(3)19(25)11-17/h4-7,10-11,15H,8-9,12-14H2,1-3H3/t15-/m0/s1. The summed E-state index contributed by atoms with van der Waals surface area (Å²) in [6, 6.07) is 7.87. The van der Waals surface area contributed by atoms with Crippen LogP contribution in [0.4, 0.5) is 0 Å². The molecular formula is C19H26N4O2. The van der Waals surface area contributed by atoms with Crippen LogP contribution in [0.5, 0.6) is 0 Å². The Bertz CT molecular complexity index is 855. The van der Waals surface area contributed by atoms with E-state index in [1.165, 1.54) is 0 Å². The van der Waals surface area contributed by atoms with Crippen molar-refractivity contribution in [2.75, 3.05) is 19.6 Å². The molecule has 6 nitrogen and oxygen atoms in total. The fourth-order valence-electron chi connectivity index (χ4n) is 3.32. The van der Waals surface area contributed by atoms with E-state index >= 15 is 0 Å². The van der Waals surface area contributed by atoms with Crippen molar-refractivity contribution in [1.29, 1.82) is 0 Å². The highest BCUT2D eigenvalue weighted by Crippen LogP contribution is 2.15. The molecule has 25 heavy (non-hydrogen) atoms. The molecule has 1 aliphatic heterocycles. The smallest absolute Gasteiger partial charge is 0.250 e. The molecule has 1 saturated heterocycles. The molecule has 1 atom stereocenters. The van der Waals surface area contributed by atoms with Gasteiger partial charge in [-0.05, 0) is 30.2 Å². The predicted molar refractivity (Wildman–Crippen MR) is 98.5 cm³/mol. The van der Waals surface area contributed by atoms with Crippen LogP contribution in [0.25, 0.3) is 0 Å². The van der Waals surface area contributed by atoms with Gasteiger partial charge in [-0.3, -0.25) is 19.4 Å². The monoisotopic (exact) mass is 342 g/mol. The van der Waals surface area contributed by atoms with Crippen molar-refractivity contribution in [2.24, 2.45) is 14.1 Å². The van der Waals surface area contributed by atoms with E-state index in [2.05, 4.69) is 16.7 Å². The lowest BCUT2D eigenvalue weighted by atomic mass is 10.1. The Morgan fingerprint density at radius 2 is 1.48 bits per heavy atom. The molecule has 0 aromatic carbocycles. The molecule has 3 heterocycles. The first kappa shape index (κ1) is 17.6. The van der Waals surface area contributed by atoms with Crippen molar-refractivity contribution in [3.05, 3.63) is 68.5 Å². The summed E-state index contributed by atoms with van der Waals surface area (Å²) in [6.45, 7) is 6.71. The molecule has 6 heteroatoms. The van der Waals surface area contributed by atoms with Crippen LogP contribution >= 0.6 is 0 Å². The average molecular weight is 342 g/mol. The fourth-order valence-corrected chi connectivity index (χ4v) is 3.32. The van der Waals surface area contributed by atoms with Crippen LogP contribution in [0.3, 0.4) is 0 Å². The Morgan fingerprint density at radius 3 is 2.00 bits per heavy atom. The van der Waals surface area contributed by atoms with E-state index in [0.29, 0.717) is 6.04 Å². The van der Waals surface area contributed by atoms with E-state index < -0.39 is 0 Å². The third-order valence-corrected chi connectivity index (χ3v) is 4.98. The molecule has 0 amide bonds. The molecule has 0 bridgehead atoms. The molecule has 0 saturated carbocycles. The van der Waals surface area contributed by atoms with Gasteiger partial charge in [-0.25, -0.2) is 0 Å². The minimum Gasteiger partial charge on any atom is -0.319 e. The van der Waals surface area contributed by atoms with Crippen LogP contribution in [0, 0.1) is 0 Å². The van der Waals surface area contributed by atoms with Gasteiger partial charge in [0.05, 0.1) is 0 Å². The lowest BCUT2D eigenvalue weighted by Gasteiger charge is -2.40. The van der Waals surface area contributed by atoms with Crippen molar-refractivity contribution in [2.45, 2.75) is 26.1 Å². The third-order valence-electron chi connectivity index (χ3n) is 4.98. The van der Waals surface area contributed by atoms with E-state index in [9.17, 15) is 9.59 Å². The molecule has 0 radical (unpaired) electrons. The van der Waals surface area contributed by atoms with Crippen molar-refractivity contribution in [3.8, 4) is 0 Å². The van der Waals surface area contributed by atoms with Gasteiger partial charge in [-0.15, -0.1) is 0 Å². The Balaban J connectivity index is 1.60. The van der Waals surface area contributed by atoms with Crippen LogP contribution in [0.2, 0.25) is 0 Å². The van der Waals surface area contributed by atoms with E-state index in [1.807, 2.05) is 24.5 Å². The first-order valence-electron chi connectivity index (χ1n) is 8.70. The topological polar surface area (TPSA) is 50.5 Å². The van der Waals surface area contributed by atoms with Gasteiger partial charge in [0.2, 0.25) is 0 Å². The Kier molecular flexibility index (Phi) is 5.20. The largest absolute Gasteiger partial charge is 0.319 e. The Labute approximate surface area is 147 Å². The highest BCUT2D eigenvalue weighted by Gasteiger charge is 2.23. The first-order chi connectivity index (χ1) is 11.9. The number of piperazine rings is 1. The molecule has 0 aliphatic carbocycles. The lowest BCUT2D eigenvalue weighted by molar-refractivity contribution is 0.0732. The number of rotatable bonds is 4. The summed E-state index contributed by atoms with van der Waals surface area (Å²) in [5, 5.41) is 0. The summed E-state index contributed by atoms with van der Waals surface area (Å²) in [7, 11) is 3.54. The summed E-state index contributed by atoms with van der Waals surface area (Å²) in [5.41, 5.74) is 2.20. The van der Waals surface area contributed by atoms with Gasteiger partial charge in [-0.1, -0.05) is 0 Å². The van der Waals surface area contributed by atoms with Gasteiger partial charge < -0.3 is 9.13 Å². The van der Waals surface area contributed by atoms with E-state index in [0.717, 1.165) is 43.9 Å². The minimum absolute atomic E-state index is 0.0365. The van der Waals surface area contributed by atoms with Crippen LogP contribution in [0.1, 0.15) is 18.1 Å². The predicted octanol–water partition coefficient (Wildman–Crippen LogP) is 0.790. The molecule has 134 valence electrons. The fraction of sp³-hybridized carbons (Fsp3) is 0.474. The zero-order valence-electron chi connectivity index (χ0n) is 15.2. The molecule has 3 rings (SSSR count). The molecular weight excluding hydrogens is 316 g/mol. The summed E-state index contributed by atoms with van der Waals surface area (Å²) >= 11 is 0. The minimum atomic E-state index is 0.0365. The lowest BCUT2D eigenvalue weighted by Crippen LogP contribution is -2.51. The van der Waals surface area contributed by atoms with Crippen LogP contribution in [-0.2, 0) is 27.2 Å². The maximum absolute atomic E-state index is 11.8. The molecule has 0 unspecified atom stereocenters. The Hall–Kier alpha value is -2.18. The van der Waals surface area contributed by atoms with Gasteiger partial charge in [-0.2, -0.15) is 0 Å². The maximum atomic E-state index is 11.8. The van der Waals surface area contributed by atoms with Gasteiger partial charge in [0.1, 0.15) is 0 Å². The zero-order valence-corrected chi connectivity index (χ0v) is 15.2. The van der Waals surface area contributed by atoms with Crippen LogP contribution < -0.4 is 11.1 Å². The molecule has 1 aliphatic rings. The number of hydrogen-bond acceptors (Lipinski definition) is 4. The van der Waals surface area contributed by atoms with E-state index in [1.54, 1.807) is 35.4 Å². The SMILES string of the molecule is C[C@H]1CN(Cc2ccn(C)c(=O)c2)CCN1Cc1ccn(C)c(=O)c1. The second-order valence-corrected chi connectivity index (χ2v) is 7.02. The van der Waals surface area contributed by atoms with Gasteiger partial charge in [0, 0.05) is 77.4 Å². The first-order valence-corrected chi connectivity index (χ1v) is 8.70. The zero-order chi connectivity index (χ0) is 18.0. The van der Waals surface area contributed by atoms with Crippen molar-refractivity contribution >= 4 is 0 Å². The second-order valence-electron chi connectivity index (χ2n) is 7.02. The molecule has 1 fully saturated rings. The van der Waals surface area contributed by atoms with Crippen molar-refractivity contribution in [1.82, 2.24) is 18.9 Å². The highest BCUT2D eigenvalue weighted by atomic mass is 16.1. The summed E-state index contributed by atoms with van der Waals surface area (Å²) in [6.07, 6.45) is 3.65. The van der Waals surface area contributed by atoms with E-state index in [-0.39, 0.29) is 11.1 Å². The second kappa shape index (κ2) is 7.37. The van der Waals surface area contributed by atoms with Gasteiger partial charge in [0.25, 0.3) is 11.1 Å². The third kappa shape index (κ3) is 4.27. The van der Waals surface area contributed by atoms with Gasteiger partial charge in [0.15, 0.2) is 0 Å². The summed E-state index contributed by atoms with van der Waals surface area (Å²) in [4.78, 5) is 28.3. The molecule has 0 spiro atoms. The number of hydrogen-bond donors (Lipinski definition) is 0.